The molecule has 2 aromatic rings. The van der Waals surface area contributed by atoms with Crippen molar-refractivity contribution in [1.29, 1.82) is 0 Å². The van der Waals surface area contributed by atoms with Gasteiger partial charge in [-0.15, -0.1) is 0 Å². The lowest BCUT2D eigenvalue weighted by Gasteiger charge is -2.40. The van der Waals surface area contributed by atoms with Gasteiger partial charge in [0.2, 0.25) is 0 Å². The lowest BCUT2D eigenvalue weighted by atomic mass is 9.82. The largest absolute Gasteiger partial charge is 0.379 e. The number of nitrogens with zero attached hydrogens (tertiary/aromatic N) is 4. The molecule has 1 spiro atoms. The summed E-state index contributed by atoms with van der Waals surface area (Å²) in [6.45, 7) is 6.62. The van der Waals surface area contributed by atoms with E-state index in [9.17, 15) is 4.39 Å². The Morgan fingerprint density at radius 1 is 1.00 bits per heavy atom. The van der Waals surface area contributed by atoms with Crippen molar-refractivity contribution in [1.82, 2.24) is 14.7 Å². The third-order valence-corrected chi connectivity index (χ3v) is 8.07. The topological polar surface area (TPSA) is 42.8 Å². The Bertz CT molecular complexity index is 928. The van der Waals surface area contributed by atoms with E-state index < -0.39 is 0 Å². The lowest BCUT2D eigenvalue weighted by molar-refractivity contribution is -0.0183. The minimum absolute atomic E-state index is 0.0308. The third-order valence-electron chi connectivity index (χ3n) is 8.07. The number of benzene rings is 1. The SMILES string of the molecule is Fc1ccc(-n2cc(N3CCC4(CC3)CC(N3CCOCC3)CO4)c(C3CCC3)n2)cc1. The van der Waals surface area contributed by atoms with Crippen molar-refractivity contribution in [2.45, 2.75) is 56.1 Å². The Hall–Kier alpha value is -1.96. The minimum Gasteiger partial charge on any atom is -0.379 e. The predicted octanol–water partition coefficient (Wildman–Crippen LogP) is 3.74. The fourth-order valence-electron chi connectivity index (χ4n) is 5.82. The van der Waals surface area contributed by atoms with Crippen molar-refractivity contribution < 1.29 is 13.9 Å². The molecule has 0 N–H and O–H groups in total. The maximum absolute atomic E-state index is 13.4. The normalized spacial score (nSPS) is 26.5. The zero-order valence-corrected chi connectivity index (χ0v) is 18.7. The molecule has 0 bridgehead atoms. The molecule has 172 valence electrons. The fourth-order valence-corrected chi connectivity index (χ4v) is 5.82. The zero-order chi connectivity index (χ0) is 21.5. The summed E-state index contributed by atoms with van der Waals surface area (Å²) in [5.74, 6) is 0.338. The van der Waals surface area contributed by atoms with Crippen LogP contribution >= 0.6 is 0 Å². The molecule has 1 unspecified atom stereocenters. The first-order valence-corrected chi connectivity index (χ1v) is 12.3. The second-order valence-electron chi connectivity index (χ2n) is 9.94. The maximum atomic E-state index is 13.4. The van der Waals surface area contributed by atoms with Crippen LogP contribution in [0.4, 0.5) is 10.1 Å². The molecule has 6 nitrogen and oxygen atoms in total. The molecule has 1 aromatic carbocycles. The van der Waals surface area contributed by atoms with Gasteiger partial charge in [-0.3, -0.25) is 4.90 Å². The molecule has 1 aromatic heterocycles. The molecule has 0 amide bonds. The van der Waals surface area contributed by atoms with Gasteiger partial charge in [-0.1, -0.05) is 6.42 Å². The molecule has 1 aliphatic carbocycles. The average Bonchev–Trinajstić information content (AvgIpc) is 3.40. The Kier molecular flexibility index (Phi) is 5.44. The molecule has 1 saturated carbocycles. The number of ether oxygens (including phenoxy) is 2. The summed E-state index contributed by atoms with van der Waals surface area (Å²) in [6.07, 6.45) is 9.16. The van der Waals surface area contributed by atoms with Crippen LogP contribution in [0.3, 0.4) is 0 Å². The highest BCUT2D eigenvalue weighted by Crippen LogP contribution is 2.43. The van der Waals surface area contributed by atoms with Gasteiger partial charge in [0.1, 0.15) is 5.82 Å². The van der Waals surface area contributed by atoms with Crippen LogP contribution in [0.1, 0.15) is 50.1 Å². The number of aromatic nitrogens is 2. The van der Waals surface area contributed by atoms with E-state index in [1.807, 2.05) is 4.68 Å². The number of hydrogen-bond donors (Lipinski definition) is 0. The van der Waals surface area contributed by atoms with Crippen molar-refractivity contribution in [3.8, 4) is 5.69 Å². The fraction of sp³-hybridized carbons (Fsp3) is 0.640. The van der Waals surface area contributed by atoms with E-state index in [1.165, 1.54) is 42.8 Å². The molecule has 1 atom stereocenters. The number of hydrogen-bond acceptors (Lipinski definition) is 5. The average molecular weight is 441 g/mol. The van der Waals surface area contributed by atoms with Crippen molar-refractivity contribution in [3.05, 3.63) is 42.0 Å². The van der Waals surface area contributed by atoms with Gasteiger partial charge in [-0.25, -0.2) is 9.07 Å². The van der Waals surface area contributed by atoms with Crippen molar-refractivity contribution in [3.63, 3.8) is 0 Å². The Balaban J connectivity index is 1.17. The van der Waals surface area contributed by atoms with E-state index in [4.69, 9.17) is 14.6 Å². The van der Waals surface area contributed by atoms with Crippen molar-refractivity contribution in [2.75, 3.05) is 50.9 Å². The third kappa shape index (κ3) is 3.84. The number of morpholine rings is 1. The number of piperidine rings is 1. The van der Waals surface area contributed by atoms with Crippen molar-refractivity contribution >= 4 is 5.69 Å². The van der Waals surface area contributed by atoms with Crippen LogP contribution in [-0.4, -0.2) is 72.3 Å². The molecule has 4 fully saturated rings. The smallest absolute Gasteiger partial charge is 0.123 e. The van der Waals surface area contributed by atoms with E-state index in [2.05, 4.69) is 16.0 Å². The molecule has 3 saturated heterocycles. The Morgan fingerprint density at radius 3 is 2.44 bits per heavy atom. The molecule has 0 radical (unpaired) electrons. The minimum atomic E-state index is -0.214. The predicted molar refractivity (Wildman–Crippen MR) is 121 cm³/mol. The highest BCUT2D eigenvalue weighted by Gasteiger charge is 2.45. The maximum Gasteiger partial charge on any atom is 0.123 e. The number of rotatable bonds is 4. The second kappa shape index (κ2) is 8.43. The van der Waals surface area contributed by atoms with Crippen LogP contribution in [0.25, 0.3) is 5.69 Å². The van der Waals surface area contributed by atoms with Gasteiger partial charge in [0.25, 0.3) is 0 Å². The van der Waals surface area contributed by atoms with Gasteiger partial charge >= 0.3 is 0 Å². The second-order valence-corrected chi connectivity index (χ2v) is 9.94. The zero-order valence-electron chi connectivity index (χ0n) is 18.7. The van der Waals surface area contributed by atoms with Crippen LogP contribution in [-0.2, 0) is 9.47 Å². The Morgan fingerprint density at radius 2 is 1.75 bits per heavy atom. The van der Waals surface area contributed by atoms with Gasteiger partial charge < -0.3 is 14.4 Å². The molecule has 6 rings (SSSR count). The molecule has 4 heterocycles. The van der Waals surface area contributed by atoms with Crippen LogP contribution in [0.15, 0.2) is 30.5 Å². The van der Waals surface area contributed by atoms with E-state index >= 15 is 0 Å². The van der Waals surface area contributed by atoms with Gasteiger partial charge in [-0.05, 0) is 56.4 Å². The summed E-state index contributed by atoms with van der Waals surface area (Å²) in [5.41, 5.74) is 3.43. The van der Waals surface area contributed by atoms with Gasteiger partial charge in [-0.2, -0.15) is 5.10 Å². The molecule has 3 aliphatic heterocycles. The summed E-state index contributed by atoms with van der Waals surface area (Å²) in [4.78, 5) is 5.07. The molecule has 4 aliphatic rings. The summed E-state index contributed by atoms with van der Waals surface area (Å²) in [7, 11) is 0. The monoisotopic (exact) mass is 440 g/mol. The van der Waals surface area contributed by atoms with Gasteiger partial charge in [0.05, 0.1) is 48.7 Å². The highest BCUT2D eigenvalue weighted by molar-refractivity contribution is 5.54. The summed E-state index contributed by atoms with van der Waals surface area (Å²) in [5, 5.41) is 4.97. The van der Waals surface area contributed by atoms with Crippen LogP contribution in [0.5, 0.6) is 0 Å². The number of anilines is 1. The Labute approximate surface area is 189 Å². The van der Waals surface area contributed by atoms with E-state index in [-0.39, 0.29) is 11.4 Å². The van der Waals surface area contributed by atoms with Crippen LogP contribution in [0.2, 0.25) is 0 Å². The summed E-state index contributed by atoms with van der Waals surface area (Å²) >= 11 is 0. The number of halogens is 1. The molecular formula is C25H33FN4O2. The van der Waals surface area contributed by atoms with Crippen LogP contribution in [0, 0.1) is 5.82 Å². The first-order chi connectivity index (χ1) is 15.7. The van der Waals surface area contributed by atoms with Gasteiger partial charge in [0.15, 0.2) is 0 Å². The van der Waals surface area contributed by atoms with Gasteiger partial charge in [0, 0.05) is 38.1 Å². The first kappa shape index (κ1) is 20.6. The standard InChI is InChI=1S/C25H33FN4O2/c26-20-4-6-21(7-5-20)30-17-23(24(27-30)19-2-1-3-19)29-10-8-25(9-11-29)16-22(18-32-25)28-12-14-31-15-13-28/h4-7,17,19,22H,1-3,8-16,18H2. The highest BCUT2D eigenvalue weighted by atomic mass is 19.1. The van der Waals surface area contributed by atoms with Crippen LogP contribution < -0.4 is 4.90 Å². The quantitative estimate of drug-likeness (QED) is 0.725. The molecular weight excluding hydrogens is 407 g/mol. The molecule has 7 heteroatoms. The van der Waals surface area contributed by atoms with E-state index in [0.717, 1.165) is 70.9 Å². The molecule has 32 heavy (non-hydrogen) atoms. The first-order valence-electron chi connectivity index (χ1n) is 12.3. The van der Waals surface area contributed by atoms with E-state index in [1.54, 1.807) is 12.1 Å². The lowest BCUT2D eigenvalue weighted by Crippen LogP contribution is -2.47. The summed E-state index contributed by atoms with van der Waals surface area (Å²) < 4.78 is 27.3. The van der Waals surface area contributed by atoms with Crippen molar-refractivity contribution in [2.24, 2.45) is 0 Å². The summed E-state index contributed by atoms with van der Waals surface area (Å²) in [6, 6.07) is 7.16. The van der Waals surface area contributed by atoms with E-state index in [0.29, 0.717) is 12.0 Å².